The van der Waals surface area contributed by atoms with Gasteiger partial charge in [-0.3, -0.25) is 6.08 Å². The molecule has 150 valence electrons. The Kier molecular flexibility index (Phi) is 16.3. The van der Waals surface area contributed by atoms with Gasteiger partial charge in [0.15, 0.2) is 0 Å². The average Bonchev–Trinajstić information content (AvgIpc) is 3.04. The topological polar surface area (TPSA) is 20.2 Å². The zero-order valence-electron chi connectivity index (χ0n) is 18.1. The van der Waals surface area contributed by atoms with Crippen molar-refractivity contribution in [3.8, 4) is 5.75 Å². The van der Waals surface area contributed by atoms with E-state index >= 15 is 0 Å². The summed E-state index contributed by atoms with van der Waals surface area (Å²) in [5, 5.41) is 10.7. The molecule has 1 aromatic rings. The van der Waals surface area contributed by atoms with Gasteiger partial charge in [0.2, 0.25) is 0 Å². The van der Waals surface area contributed by atoms with Crippen molar-refractivity contribution >= 4 is 44.1 Å². The molecular weight excluding hydrogens is 427 g/mol. The minimum Gasteiger partial charge on any atom is -0.507 e. The van der Waals surface area contributed by atoms with E-state index in [0.717, 1.165) is 28.3 Å². The number of phenols is 1. The van der Waals surface area contributed by atoms with Gasteiger partial charge in [0.1, 0.15) is 5.75 Å². The van der Waals surface area contributed by atoms with Crippen molar-refractivity contribution < 1.29 is 25.1 Å². The van der Waals surface area contributed by atoms with Crippen LogP contribution in [0.5, 0.6) is 5.75 Å². The van der Waals surface area contributed by atoms with E-state index < -0.39 is 0 Å². The van der Waals surface area contributed by atoms with Crippen LogP contribution in [0, 0.1) is 39.2 Å². The van der Waals surface area contributed by atoms with Gasteiger partial charge >= 0.3 is 37.6 Å². The number of allylic oxidation sites excluding steroid dienone is 4. The van der Waals surface area contributed by atoms with Crippen LogP contribution in [0.2, 0.25) is 0 Å². The number of aromatic hydroxyl groups is 1. The van der Waals surface area contributed by atoms with Crippen LogP contribution in [0.3, 0.4) is 0 Å². The van der Waals surface area contributed by atoms with Crippen molar-refractivity contribution in [2.24, 2.45) is 5.41 Å². The fourth-order valence-corrected chi connectivity index (χ4v) is 2.55. The summed E-state index contributed by atoms with van der Waals surface area (Å²) in [6.45, 7) is 18.7. The minimum absolute atomic E-state index is 0. The monoisotopic (exact) mass is 460 g/mol. The van der Waals surface area contributed by atoms with Gasteiger partial charge in [0.05, 0.1) is 10.2 Å². The van der Waals surface area contributed by atoms with Gasteiger partial charge in [0, 0.05) is 0 Å². The standard InChI is InChI=1S/C10H13OSi.C9H13.C3H6.2ClH.Ti/c1-5-6(2)9(11)8(4)10(12)7(5)3;1-9(2,3)8-6-4-5-7-8;1-3-2;;;/h11H,1-4H3;4,6H,5H2,1-3H3;1-2H3;2*1H;/q;-1;;;;+1. The van der Waals surface area contributed by atoms with Crippen LogP contribution in [0.4, 0.5) is 0 Å². The zero-order chi connectivity index (χ0) is 19.9. The number of hydrogen-bond donors (Lipinski definition) is 1. The summed E-state index contributed by atoms with van der Waals surface area (Å²) < 4.78 is 1.42. The maximum absolute atomic E-state index is 9.66. The molecule has 0 saturated heterocycles. The van der Waals surface area contributed by atoms with Crippen molar-refractivity contribution in [2.75, 3.05) is 0 Å². The molecule has 27 heavy (non-hydrogen) atoms. The third-order valence-corrected chi connectivity index (χ3v) is 4.84. The summed E-state index contributed by atoms with van der Waals surface area (Å²) >= 11 is 2.08. The molecule has 0 aromatic heterocycles. The summed E-state index contributed by atoms with van der Waals surface area (Å²) in [5.41, 5.74) is 5.91. The Balaban J connectivity index is -0.000000343. The predicted molar refractivity (Wildman–Crippen MR) is 123 cm³/mol. The van der Waals surface area contributed by atoms with Crippen LogP contribution in [0.1, 0.15) is 63.3 Å². The minimum atomic E-state index is 0. The van der Waals surface area contributed by atoms with E-state index in [1.54, 1.807) is 0 Å². The first-order chi connectivity index (χ1) is 11.3. The van der Waals surface area contributed by atoms with Crippen LogP contribution >= 0.6 is 24.8 Å². The van der Waals surface area contributed by atoms with Gasteiger partial charge in [-0.05, 0) is 55.4 Å². The van der Waals surface area contributed by atoms with Gasteiger partial charge in [-0.2, -0.15) is 6.08 Å². The molecule has 5 heteroatoms. The molecular formula is C22H34Cl2OSiTi. The Labute approximate surface area is 194 Å². The molecule has 3 radical (unpaired) electrons. The summed E-state index contributed by atoms with van der Waals surface area (Å²) in [6.07, 6.45) is 8.63. The second kappa shape index (κ2) is 14.0. The maximum atomic E-state index is 9.66. The second-order valence-corrected chi connectivity index (χ2v) is 9.73. The summed E-state index contributed by atoms with van der Waals surface area (Å²) in [5.74, 6) is 0.406. The first-order valence-corrected chi connectivity index (χ1v) is 9.89. The average molecular weight is 461 g/mol. The Morgan fingerprint density at radius 2 is 1.44 bits per heavy atom. The number of rotatable bonds is 0. The molecule has 0 bridgehead atoms. The van der Waals surface area contributed by atoms with E-state index in [1.807, 2.05) is 20.8 Å². The van der Waals surface area contributed by atoms with Gasteiger partial charge in [-0.15, -0.1) is 31.2 Å². The van der Waals surface area contributed by atoms with E-state index in [9.17, 15) is 5.11 Å². The van der Waals surface area contributed by atoms with Crippen LogP contribution in [-0.2, 0) is 20.0 Å². The normalized spacial score (nSPS) is 11.8. The molecule has 1 nitrogen and oxygen atoms in total. The van der Waals surface area contributed by atoms with Crippen molar-refractivity contribution in [1.29, 1.82) is 0 Å². The second-order valence-electron chi connectivity index (χ2n) is 7.67. The molecule has 0 heterocycles. The quantitative estimate of drug-likeness (QED) is 0.387. The van der Waals surface area contributed by atoms with Gasteiger partial charge in [-0.25, -0.2) is 11.6 Å². The van der Waals surface area contributed by atoms with Crippen LogP contribution in [-0.4, -0.2) is 19.2 Å². The molecule has 0 saturated carbocycles. The van der Waals surface area contributed by atoms with E-state index in [0.29, 0.717) is 11.2 Å². The van der Waals surface area contributed by atoms with E-state index in [4.69, 9.17) is 0 Å². The first kappa shape index (κ1) is 31.6. The number of benzene rings is 1. The fourth-order valence-electron chi connectivity index (χ4n) is 2.25. The molecule has 1 aliphatic carbocycles. The van der Waals surface area contributed by atoms with E-state index in [1.165, 1.54) is 14.9 Å². The number of phenolic OH excluding ortho intramolecular Hbond substituents is 1. The Hall–Kier alpha value is -0.119. The largest absolute Gasteiger partial charge is 0.507 e. The zero-order valence-corrected chi connectivity index (χ0v) is 22.3. The van der Waals surface area contributed by atoms with Crippen molar-refractivity contribution in [3.05, 3.63) is 46.1 Å². The summed E-state index contributed by atoms with van der Waals surface area (Å²) in [4.78, 5) is 0. The van der Waals surface area contributed by atoms with E-state index in [-0.39, 0.29) is 24.8 Å². The molecule has 1 aromatic carbocycles. The van der Waals surface area contributed by atoms with Crippen molar-refractivity contribution in [1.82, 2.24) is 0 Å². The Bertz CT molecular complexity index is 578. The number of halogens is 2. The Morgan fingerprint density at radius 3 is 1.74 bits per heavy atom. The molecule has 1 N–H and O–H groups in total. The van der Waals surface area contributed by atoms with Crippen LogP contribution < -0.4 is 5.19 Å². The maximum Gasteiger partial charge on any atom is 0.121 e. The van der Waals surface area contributed by atoms with Crippen LogP contribution in [0.15, 0.2) is 17.7 Å². The molecule has 0 unspecified atom stereocenters. The molecule has 0 fully saturated rings. The molecule has 0 atom stereocenters. The van der Waals surface area contributed by atoms with Crippen molar-refractivity contribution in [2.45, 2.75) is 68.7 Å². The Morgan fingerprint density at radius 1 is 1.00 bits per heavy atom. The summed E-state index contributed by atoms with van der Waals surface area (Å²) in [6, 6.07) is 0. The molecule has 1 aliphatic rings. The van der Waals surface area contributed by atoms with Gasteiger partial charge < -0.3 is 5.11 Å². The van der Waals surface area contributed by atoms with Gasteiger partial charge in [0.25, 0.3) is 0 Å². The van der Waals surface area contributed by atoms with E-state index in [2.05, 4.69) is 90.0 Å². The molecule has 2 rings (SSSR count). The van der Waals surface area contributed by atoms with Crippen LogP contribution in [0.25, 0.3) is 0 Å². The predicted octanol–water partition coefficient (Wildman–Crippen LogP) is 5.73. The van der Waals surface area contributed by atoms with Crippen molar-refractivity contribution in [3.63, 3.8) is 0 Å². The molecule has 0 spiro atoms. The smallest absolute Gasteiger partial charge is 0.121 e. The molecule has 0 aliphatic heterocycles. The number of hydrogen-bond acceptors (Lipinski definition) is 1. The first-order valence-electron chi connectivity index (χ1n) is 8.61. The third kappa shape index (κ3) is 10.9. The SMILES string of the molecule is CC(C)(C)C1=[C-]CC=C1.C[C](C)=[Ti+].Cc1c(C)c(O)c(C)c([Si])c1C.Cl.Cl. The fraction of sp³-hybridized carbons (Fsp3) is 0.500. The van der Waals surface area contributed by atoms with Gasteiger partial charge in [-0.1, -0.05) is 26.0 Å². The third-order valence-electron chi connectivity index (χ3n) is 4.09. The molecule has 0 amide bonds. The summed E-state index contributed by atoms with van der Waals surface area (Å²) in [7, 11) is 3.51.